The normalized spacial score (nSPS) is 29.4. The molecule has 0 aromatic heterocycles. The van der Waals surface area contributed by atoms with Gasteiger partial charge in [-0.05, 0) is 12.1 Å². The molecule has 1 aromatic carbocycles. The third-order valence-corrected chi connectivity index (χ3v) is 3.28. The van der Waals surface area contributed by atoms with Gasteiger partial charge in [0.1, 0.15) is 11.9 Å². The predicted molar refractivity (Wildman–Crippen MR) is 57.2 cm³/mol. The molecule has 1 aliphatic rings. The minimum absolute atomic E-state index is 0.107. The summed E-state index contributed by atoms with van der Waals surface area (Å²) in [7, 11) is 0. The number of para-hydroxylation sites is 1. The molecule has 1 saturated carbocycles. The molecule has 2 atom stereocenters. The second kappa shape index (κ2) is 3.28. The van der Waals surface area contributed by atoms with E-state index in [1.165, 1.54) is 0 Å². The van der Waals surface area contributed by atoms with E-state index in [0.717, 1.165) is 12.2 Å². The number of nitrogens with two attached hydrogens (primary N) is 1. The molecule has 2 heteroatoms. The molecular formula is C12H17NO. The Morgan fingerprint density at radius 3 is 2.43 bits per heavy atom. The zero-order valence-corrected chi connectivity index (χ0v) is 8.73. The lowest BCUT2D eigenvalue weighted by Gasteiger charge is -2.49. The Morgan fingerprint density at radius 2 is 1.93 bits per heavy atom. The Hall–Kier alpha value is -1.02. The molecule has 14 heavy (non-hydrogen) atoms. The minimum Gasteiger partial charge on any atom is -0.490 e. The van der Waals surface area contributed by atoms with Crippen molar-refractivity contribution in [1.29, 1.82) is 0 Å². The first-order valence-electron chi connectivity index (χ1n) is 5.08. The highest BCUT2D eigenvalue weighted by atomic mass is 16.5. The maximum absolute atomic E-state index is 5.92. The van der Waals surface area contributed by atoms with Gasteiger partial charge in [0.15, 0.2) is 0 Å². The number of hydrogen-bond acceptors (Lipinski definition) is 2. The summed E-state index contributed by atoms with van der Waals surface area (Å²) in [6.45, 7) is 4.32. The molecule has 1 aromatic rings. The molecule has 0 saturated heterocycles. The van der Waals surface area contributed by atoms with E-state index >= 15 is 0 Å². The SMILES string of the molecule is CC1(C)[C@@H](N)C[C@H]1Oc1ccccc1. The van der Waals surface area contributed by atoms with Crippen molar-refractivity contribution in [1.82, 2.24) is 0 Å². The zero-order valence-electron chi connectivity index (χ0n) is 8.73. The van der Waals surface area contributed by atoms with Crippen molar-refractivity contribution in [2.45, 2.75) is 32.4 Å². The molecule has 0 bridgehead atoms. The van der Waals surface area contributed by atoms with Gasteiger partial charge in [-0.25, -0.2) is 0 Å². The standard InChI is InChI=1S/C12H17NO/c1-12(2)10(13)8-11(12)14-9-6-4-3-5-7-9/h3-7,10-11H,8,13H2,1-2H3/t10-,11+/m0/s1. The minimum atomic E-state index is 0.107. The Kier molecular flexibility index (Phi) is 2.23. The lowest BCUT2D eigenvalue weighted by atomic mass is 9.65. The summed E-state index contributed by atoms with van der Waals surface area (Å²) >= 11 is 0. The summed E-state index contributed by atoms with van der Waals surface area (Å²) in [5, 5.41) is 0. The Bertz CT molecular complexity index is 307. The highest BCUT2D eigenvalue weighted by Gasteiger charge is 2.47. The van der Waals surface area contributed by atoms with E-state index < -0.39 is 0 Å². The van der Waals surface area contributed by atoms with Gasteiger partial charge in [-0.3, -0.25) is 0 Å². The summed E-state index contributed by atoms with van der Waals surface area (Å²) < 4.78 is 5.86. The van der Waals surface area contributed by atoms with Crippen molar-refractivity contribution >= 4 is 0 Å². The highest BCUT2D eigenvalue weighted by Crippen LogP contribution is 2.41. The van der Waals surface area contributed by atoms with Gasteiger partial charge in [-0.15, -0.1) is 0 Å². The van der Waals surface area contributed by atoms with Crippen molar-refractivity contribution in [2.24, 2.45) is 11.1 Å². The van der Waals surface area contributed by atoms with Crippen molar-refractivity contribution in [3.8, 4) is 5.75 Å². The van der Waals surface area contributed by atoms with E-state index in [0.29, 0.717) is 0 Å². The molecule has 1 aliphatic carbocycles. The van der Waals surface area contributed by atoms with Gasteiger partial charge < -0.3 is 10.5 Å². The van der Waals surface area contributed by atoms with Crippen LogP contribution < -0.4 is 10.5 Å². The molecule has 2 N–H and O–H groups in total. The Labute approximate surface area is 85.1 Å². The third kappa shape index (κ3) is 1.50. The maximum Gasteiger partial charge on any atom is 0.119 e. The van der Waals surface area contributed by atoms with Crippen LogP contribution in [0.1, 0.15) is 20.3 Å². The largest absolute Gasteiger partial charge is 0.490 e. The van der Waals surface area contributed by atoms with E-state index in [9.17, 15) is 0 Å². The topological polar surface area (TPSA) is 35.2 Å². The van der Waals surface area contributed by atoms with Crippen LogP contribution in [0.25, 0.3) is 0 Å². The third-order valence-electron chi connectivity index (χ3n) is 3.28. The number of rotatable bonds is 2. The lowest BCUT2D eigenvalue weighted by Crippen LogP contribution is -2.60. The van der Waals surface area contributed by atoms with Crippen LogP contribution in [0.15, 0.2) is 30.3 Å². The van der Waals surface area contributed by atoms with Gasteiger partial charge in [0.25, 0.3) is 0 Å². The van der Waals surface area contributed by atoms with Gasteiger partial charge >= 0.3 is 0 Å². The number of ether oxygens (including phenoxy) is 1. The average Bonchev–Trinajstić information content (AvgIpc) is 2.19. The molecule has 2 rings (SSSR count). The van der Waals surface area contributed by atoms with Crippen LogP contribution in [0.5, 0.6) is 5.75 Å². The van der Waals surface area contributed by atoms with E-state index in [1.54, 1.807) is 0 Å². The highest BCUT2D eigenvalue weighted by molar-refractivity contribution is 5.22. The smallest absolute Gasteiger partial charge is 0.119 e. The van der Waals surface area contributed by atoms with E-state index in [-0.39, 0.29) is 17.6 Å². The first-order chi connectivity index (χ1) is 6.60. The second-order valence-corrected chi connectivity index (χ2v) is 4.58. The first kappa shape index (κ1) is 9.53. The number of benzene rings is 1. The van der Waals surface area contributed by atoms with Crippen LogP contribution in [-0.2, 0) is 0 Å². The summed E-state index contributed by atoms with van der Waals surface area (Å²) in [6.07, 6.45) is 1.22. The molecule has 0 aliphatic heterocycles. The average molecular weight is 191 g/mol. The van der Waals surface area contributed by atoms with E-state index in [4.69, 9.17) is 10.5 Å². The summed E-state index contributed by atoms with van der Waals surface area (Å²) in [6, 6.07) is 10.2. The van der Waals surface area contributed by atoms with Crippen molar-refractivity contribution < 1.29 is 4.74 Å². The molecular weight excluding hydrogens is 174 g/mol. The summed E-state index contributed by atoms with van der Waals surface area (Å²) in [5.74, 6) is 0.942. The van der Waals surface area contributed by atoms with Crippen LogP contribution in [0, 0.1) is 5.41 Å². The fraction of sp³-hybridized carbons (Fsp3) is 0.500. The quantitative estimate of drug-likeness (QED) is 0.777. The lowest BCUT2D eigenvalue weighted by molar-refractivity contribution is -0.0399. The summed E-state index contributed by atoms with van der Waals surface area (Å²) in [5.41, 5.74) is 6.03. The first-order valence-corrected chi connectivity index (χ1v) is 5.08. The van der Waals surface area contributed by atoms with Crippen LogP contribution in [0.2, 0.25) is 0 Å². The van der Waals surface area contributed by atoms with Gasteiger partial charge in [-0.2, -0.15) is 0 Å². The van der Waals surface area contributed by atoms with E-state index in [2.05, 4.69) is 13.8 Å². The molecule has 2 nitrogen and oxygen atoms in total. The molecule has 0 amide bonds. The van der Waals surface area contributed by atoms with Crippen molar-refractivity contribution in [2.75, 3.05) is 0 Å². The molecule has 1 fully saturated rings. The van der Waals surface area contributed by atoms with Crippen LogP contribution in [0.4, 0.5) is 0 Å². The van der Waals surface area contributed by atoms with E-state index in [1.807, 2.05) is 30.3 Å². The van der Waals surface area contributed by atoms with Crippen LogP contribution >= 0.6 is 0 Å². The second-order valence-electron chi connectivity index (χ2n) is 4.58. The van der Waals surface area contributed by atoms with Gasteiger partial charge in [0.05, 0.1) is 0 Å². The molecule has 76 valence electrons. The summed E-state index contributed by atoms with van der Waals surface area (Å²) in [4.78, 5) is 0. The van der Waals surface area contributed by atoms with Gasteiger partial charge in [0, 0.05) is 17.9 Å². The molecule has 0 heterocycles. The van der Waals surface area contributed by atoms with Crippen LogP contribution in [0.3, 0.4) is 0 Å². The van der Waals surface area contributed by atoms with Gasteiger partial charge in [0.2, 0.25) is 0 Å². The Morgan fingerprint density at radius 1 is 1.29 bits per heavy atom. The number of hydrogen-bond donors (Lipinski definition) is 1. The molecule has 0 unspecified atom stereocenters. The maximum atomic E-state index is 5.92. The van der Waals surface area contributed by atoms with Crippen molar-refractivity contribution in [3.63, 3.8) is 0 Å². The zero-order chi connectivity index (χ0) is 10.2. The molecule has 0 radical (unpaired) electrons. The van der Waals surface area contributed by atoms with Crippen LogP contribution in [-0.4, -0.2) is 12.1 Å². The fourth-order valence-corrected chi connectivity index (χ4v) is 1.78. The van der Waals surface area contributed by atoms with Gasteiger partial charge in [-0.1, -0.05) is 32.0 Å². The molecule has 0 spiro atoms. The fourth-order valence-electron chi connectivity index (χ4n) is 1.78. The monoisotopic (exact) mass is 191 g/mol. The predicted octanol–water partition coefficient (Wildman–Crippen LogP) is 2.19. The van der Waals surface area contributed by atoms with Crippen molar-refractivity contribution in [3.05, 3.63) is 30.3 Å². The Balaban J connectivity index is 2.01.